The van der Waals surface area contributed by atoms with Crippen LogP contribution in [-0.2, 0) is 0 Å². The summed E-state index contributed by atoms with van der Waals surface area (Å²) in [5.41, 5.74) is 0. The van der Waals surface area contributed by atoms with E-state index in [-0.39, 0.29) is 0 Å². The molecule has 0 aliphatic rings. The lowest BCUT2D eigenvalue weighted by Crippen LogP contribution is -1.59. The molecule has 0 nitrogen and oxygen atoms in total. The van der Waals surface area contributed by atoms with Crippen LogP contribution in [-0.4, -0.2) is 23.0 Å². The van der Waals surface area contributed by atoms with E-state index < -0.39 is 0 Å². The summed E-state index contributed by atoms with van der Waals surface area (Å²) in [5.74, 6) is 4.94. The molecule has 0 aromatic carbocycles. The molecule has 0 N–H and O–H groups in total. The van der Waals surface area contributed by atoms with E-state index in [1.807, 2.05) is 43.2 Å². The van der Waals surface area contributed by atoms with E-state index in [1.54, 1.807) is 0 Å². The molecule has 76 valence electrons. The monoisotopic (exact) mass is 244 g/mol. The van der Waals surface area contributed by atoms with Gasteiger partial charge in [0, 0.05) is 23.0 Å². The Labute approximate surface area is 93.6 Å². The SMILES string of the molecule is CCSSCC.CCSSCC. The van der Waals surface area contributed by atoms with E-state index in [0.29, 0.717) is 0 Å². The minimum Gasteiger partial charge on any atom is -0.0945 e. The van der Waals surface area contributed by atoms with Crippen LogP contribution < -0.4 is 0 Å². The second-order valence-corrected chi connectivity index (χ2v) is 7.71. The molecular formula is C8H20S4. The van der Waals surface area contributed by atoms with E-state index in [4.69, 9.17) is 0 Å². The van der Waals surface area contributed by atoms with Crippen LogP contribution in [0.15, 0.2) is 0 Å². The van der Waals surface area contributed by atoms with Gasteiger partial charge in [-0.3, -0.25) is 0 Å². The third-order valence-corrected chi connectivity index (χ3v) is 5.74. The first-order valence-corrected chi connectivity index (χ1v) is 9.29. The summed E-state index contributed by atoms with van der Waals surface area (Å²) in [6.45, 7) is 8.70. The van der Waals surface area contributed by atoms with E-state index in [9.17, 15) is 0 Å². The highest BCUT2D eigenvalue weighted by Crippen LogP contribution is 2.18. The van der Waals surface area contributed by atoms with Crippen molar-refractivity contribution in [1.29, 1.82) is 0 Å². The maximum Gasteiger partial charge on any atom is 0.000844 e. The van der Waals surface area contributed by atoms with Crippen LogP contribution >= 0.6 is 43.2 Å². The van der Waals surface area contributed by atoms with Crippen LogP contribution in [0.4, 0.5) is 0 Å². The minimum atomic E-state index is 1.23. The lowest BCUT2D eigenvalue weighted by atomic mass is 11.0. The molecule has 0 saturated carbocycles. The number of hydrogen-bond donors (Lipinski definition) is 0. The van der Waals surface area contributed by atoms with Gasteiger partial charge >= 0.3 is 0 Å². The minimum absolute atomic E-state index is 1.23. The highest BCUT2D eigenvalue weighted by atomic mass is 33.1. The average Bonchev–Trinajstić information content (AvgIpc) is 2.12. The molecule has 12 heavy (non-hydrogen) atoms. The predicted octanol–water partition coefficient (Wildman–Crippen LogP) is 4.82. The van der Waals surface area contributed by atoms with Gasteiger partial charge in [-0.15, -0.1) is 0 Å². The Balaban J connectivity index is 0. The maximum atomic E-state index is 2.17. The van der Waals surface area contributed by atoms with Gasteiger partial charge in [0.25, 0.3) is 0 Å². The molecule has 0 spiro atoms. The molecule has 0 unspecified atom stereocenters. The molecule has 0 aliphatic heterocycles. The van der Waals surface area contributed by atoms with Gasteiger partial charge in [0.1, 0.15) is 0 Å². The molecule has 4 heteroatoms. The first-order valence-electron chi connectivity index (χ1n) is 4.32. The molecule has 0 heterocycles. The van der Waals surface area contributed by atoms with Crippen LogP contribution in [0.5, 0.6) is 0 Å². The van der Waals surface area contributed by atoms with Gasteiger partial charge < -0.3 is 0 Å². The number of hydrogen-bond acceptors (Lipinski definition) is 4. The standard InChI is InChI=1S/2C4H10S2/c2*1-3-5-6-4-2/h2*3-4H2,1-2H3. The molecule has 0 radical (unpaired) electrons. The molecule has 0 fully saturated rings. The van der Waals surface area contributed by atoms with Gasteiger partial charge in [0.2, 0.25) is 0 Å². The molecular weight excluding hydrogens is 224 g/mol. The number of rotatable bonds is 6. The Hall–Kier alpha value is 1.40. The van der Waals surface area contributed by atoms with Gasteiger partial charge in [-0.25, -0.2) is 0 Å². The van der Waals surface area contributed by atoms with Crippen molar-refractivity contribution < 1.29 is 0 Å². The Morgan fingerprint density at radius 3 is 0.750 bits per heavy atom. The molecule has 0 amide bonds. The zero-order valence-corrected chi connectivity index (χ0v) is 11.7. The van der Waals surface area contributed by atoms with Crippen LogP contribution in [0.3, 0.4) is 0 Å². The average molecular weight is 245 g/mol. The summed E-state index contributed by atoms with van der Waals surface area (Å²) in [5, 5.41) is 0. The molecule has 0 atom stereocenters. The maximum absolute atomic E-state index is 2.17. The molecule has 0 bridgehead atoms. The van der Waals surface area contributed by atoms with Crippen molar-refractivity contribution in [1.82, 2.24) is 0 Å². The topological polar surface area (TPSA) is 0 Å². The normalized spacial score (nSPS) is 9.00. The van der Waals surface area contributed by atoms with Crippen molar-refractivity contribution >= 4 is 43.2 Å². The predicted molar refractivity (Wildman–Crippen MR) is 72.5 cm³/mol. The van der Waals surface area contributed by atoms with E-state index in [0.717, 1.165) is 0 Å². The highest BCUT2D eigenvalue weighted by Gasteiger charge is 1.75. The van der Waals surface area contributed by atoms with Crippen molar-refractivity contribution in [2.24, 2.45) is 0 Å². The third-order valence-electron chi connectivity index (χ3n) is 0.638. The molecule has 0 rings (SSSR count). The molecule has 0 aromatic rings. The summed E-state index contributed by atoms with van der Waals surface area (Å²) in [4.78, 5) is 0. The fourth-order valence-corrected chi connectivity index (χ4v) is 3.00. The smallest absolute Gasteiger partial charge is 0.000844 e. The van der Waals surface area contributed by atoms with Crippen LogP contribution in [0, 0.1) is 0 Å². The first-order chi connectivity index (χ1) is 5.83. The Bertz CT molecular complexity index is 43.0. The van der Waals surface area contributed by atoms with Crippen LogP contribution in [0.1, 0.15) is 27.7 Å². The summed E-state index contributed by atoms with van der Waals surface area (Å²) in [6, 6.07) is 0. The Morgan fingerprint density at radius 2 is 0.667 bits per heavy atom. The second kappa shape index (κ2) is 18.2. The van der Waals surface area contributed by atoms with E-state index in [1.165, 1.54) is 23.0 Å². The first kappa shape index (κ1) is 15.9. The van der Waals surface area contributed by atoms with Crippen molar-refractivity contribution in [3.63, 3.8) is 0 Å². The van der Waals surface area contributed by atoms with Crippen molar-refractivity contribution in [2.45, 2.75) is 27.7 Å². The zero-order valence-electron chi connectivity index (χ0n) is 8.46. The summed E-state index contributed by atoms with van der Waals surface area (Å²) >= 11 is 0. The van der Waals surface area contributed by atoms with Gasteiger partial charge in [-0.05, 0) is 0 Å². The lowest BCUT2D eigenvalue weighted by Gasteiger charge is -1.86. The van der Waals surface area contributed by atoms with E-state index >= 15 is 0 Å². The van der Waals surface area contributed by atoms with Crippen LogP contribution in [0.2, 0.25) is 0 Å². The Kier molecular flexibility index (Phi) is 24.1. The zero-order chi connectivity index (χ0) is 9.66. The molecule has 0 aromatic heterocycles. The van der Waals surface area contributed by atoms with Gasteiger partial charge in [0.15, 0.2) is 0 Å². The van der Waals surface area contributed by atoms with Gasteiger partial charge in [0.05, 0.1) is 0 Å². The largest absolute Gasteiger partial charge is 0.0945 e. The van der Waals surface area contributed by atoms with Crippen LogP contribution in [0.25, 0.3) is 0 Å². The summed E-state index contributed by atoms with van der Waals surface area (Å²) in [6.07, 6.45) is 0. The molecule has 0 aliphatic carbocycles. The fourth-order valence-electron chi connectivity index (χ4n) is 0.333. The summed E-state index contributed by atoms with van der Waals surface area (Å²) < 4.78 is 0. The van der Waals surface area contributed by atoms with E-state index in [2.05, 4.69) is 27.7 Å². The van der Waals surface area contributed by atoms with Gasteiger partial charge in [-0.2, -0.15) is 0 Å². The fraction of sp³-hybridized carbons (Fsp3) is 1.00. The van der Waals surface area contributed by atoms with Crippen molar-refractivity contribution in [3.05, 3.63) is 0 Å². The highest BCUT2D eigenvalue weighted by molar-refractivity contribution is 8.77. The van der Waals surface area contributed by atoms with Gasteiger partial charge in [-0.1, -0.05) is 70.9 Å². The van der Waals surface area contributed by atoms with Crippen molar-refractivity contribution in [2.75, 3.05) is 23.0 Å². The quantitative estimate of drug-likeness (QED) is 0.485. The lowest BCUT2D eigenvalue weighted by molar-refractivity contribution is 1.53. The Morgan fingerprint density at radius 1 is 0.500 bits per heavy atom. The van der Waals surface area contributed by atoms with Crippen molar-refractivity contribution in [3.8, 4) is 0 Å². The second-order valence-electron chi connectivity index (χ2n) is 1.63. The molecule has 0 saturated heterocycles. The summed E-state index contributed by atoms with van der Waals surface area (Å²) in [7, 11) is 7.70. The third kappa shape index (κ3) is 22.5.